The zero-order chi connectivity index (χ0) is 15.2. The summed E-state index contributed by atoms with van der Waals surface area (Å²) in [5.74, 6) is 0.615. The summed E-state index contributed by atoms with van der Waals surface area (Å²) in [7, 11) is 0. The van der Waals surface area contributed by atoms with Gasteiger partial charge in [0.15, 0.2) is 0 Å². The summed E-state index contributed by atoms with van der Waals surface area (Å²) in [5, 5.41) is 2.78. The minimum Gasteiger partial charge on any atom is -0.487 e. The molecule has 0 unspecified atom stereocenters. The number of benzene rings is 1. The van der Waals surface area contributed by atoms with E-state index in [4.69, 9.17) is 4.74 Å². The number of amides is 2. The van der Waals surface area contributed by atoms with E-state index in [2.05, 4.69) is 5.32 Å². The van der Waals surface area contributed by atoms with Crippen LogP contribution in [0.25, 0.3) is 0 Å². The van der Waals surface area contributed by atoms with Crippen LogP contribution in [0.15, 0.2) is 24.3 Å². The minimum absolute atomic E-state index is 0.0377. The average molecular weight is 290 g/mol. The lowest BCUT2D eigenvalue weighted by Gasteiger charge is -2.33. The van der Waals surface area contributed by atoms with Crippen LogP contribution < -0.4 is 15.0 Å². The quantitative estimate of drug-likeness (QED) is 0.903. The highest BCUT2D eigenvalue weighted by Gasteiger charge is 2.27. The SMILES string of the molecule is CCCNC(=O)CCC(=O)N1C[C@@H](C)Oc2ccccc21. The van der Waals surface area contributed by atoms with Crippen LogP contribution in [0, 0.1) is 0 Å². The number of nitrogens with zero attached hydrogens (tertiary/aromatic N) is 1. The van der Waals surface area contributed by atoms with Gasteiger partial charge in [0.25, 0.3) is 0 Å². The van der Waals surface area contributed by atoms with E-state index in [1.807, 2.05) is 38.1 Å². The Balaban J connectivity index is 1.98. The number of anilines is 1. The number of rotatable bonds is 5. The Morgan fingerprint density at radius 1 is 1.33 bits per heavy atom. The van der Waals surface area contributed by atoms with E-state index >= 15 is 0 Å². The van der Waals surface area contributed by atoms with Crippen LogP contribution in [0.5, 0.6) is 5.75 Å². The van der Waals surface area contributed by atoms with Gasteiger partial charge in [0, 0.05) is 19.4 Å². The maximum atomic E-state index is 12.4. The van der Waals surface area contributed by atoms with Crippen LogP contribution in [0.3, 0.4) is 0 Å². The fourth-order valence-corrected chi connectivity index (χ4v) is 2.33. The Kier molecular flexibility index (Phi) is 5.20. The van der Waals surface area contributed by atoms with Gasteiger partial charge in [-0.15, -0.1) is 0 Å². The van der Waals surface area contributed by atoms with Crippen LogP contribution in [-0.4, -0.2) is 31.0 Å². The Hall–Kier alpha value is -2.04. The second-order valence-electron chi connectivity index (χ2n) is 5.25. The predicted octanol–water partition coefficient (Wildman–Crippen LogP) is 2.11. The largest absolute Gasteiger partial charge is 0.487 e. The monoisotopic (exact) mass is 290 g/mol. The molecule has 5 nitrogen and oxygen atoms in total. The van der Waals surface area contributed by atoms with Gasteiger partial charge in [0.2, 0.25) is 11.8 Å². The van der Waals surface area contributed by atoms with Crippen molar-refractivity contribution in [2.24, 2.45) is 0 Å². The number of hydrogen-bond donors (Lipinski definition) is 1. The molecule has 1 aromatic carbocycles. The van der Waals surface area contributed by atoms with Crippen LogP contribution >= 0.6 is 0 Å². The van der Waals surface area contributed by atoms with Crippen molar-refractivity contribution in [1.82, 2.24) is 5.32 Å². The molecule has 0 aliphatic carbocycles. The number of ether oxygens (including phenoxy) is 1. The third-order valence-corrected chi connectivity index (χ3v) is 3.36. The molecular weight excluding hydrogens is 268 g/mol. The van der Waals surface area contributed by atoms with Gasteiger partial charge in [-0.1, -0.05) is 19.1 Å². The second kappa shape index (κ2) is 7.11. The van der Waals surface area contributed by atoms with Crippen LogP contribution in [-0.2, 0) is 9.59 Å². The Morgan fingerprint density at radius 2 is 2.10 bits per heavy atom. The Morgan fingerprint density at radius 3 is 2.86 bits per heavy atom. The lowest BCUT2D eigenvalue weighted by molar-refractivity contribution is -0.125. The molecule has 1 heterocycles. The van der Waals surface area contributed by atoms with Gasteiger partial charge in [0.05, 0.1) is 12.2 Å². The van der Waals surface area contributed by atoms with E-state index in [0.29, 0.717) is 13.1 Å². The van der Waals surface area contributed by atoms with Crippen molar-refractivity contribution in [3.05, 3.63) is 24.3 Å². The molecule has 1 aromatic rings. The number of hydrogen-bond acceptors (Lipinski definition) is 3. The molecule has 2 rings (SSSR count). The summed E-state index contributed by atoms with van der Waals surface area (Å²) in [5.41, 5.74) is 0.787. The highest BCUT2D eigenvalue weighted by atomic mass is 16.5. The number of nitrogens with one attached hydrogen (secondary N) is 1. The summed E-state index contributed by atoms with van der Waals surface area (Å²) in [6.07, 6.45) is 1.30. The molecule has 0 radical (unpaired) electrons. The molecule has 0 fully saturated rings. The smallest absolute Gasteiger partial charge is 0.227 e. The maximum absolute atomic E-state index is 12.4. The van der Waals surface area contributed by atoms with Crippen molar-refractivity contribution in [3.8, 4) is 5.75 Å². The van der Waals surface area contributed by atoms with E-state index in [1.54, 1.807) is 4.90 Å². The van der Waals surface area contributed by atoms with Gasteiger partial charge in [-0.2, -0.15) is 0 Å². The zero-order valence-electron chi connectivity index (χ0n) is 12.6. The van der Waals surface area contributed by atoms with Gasteiger partial charge in [0.1, 0.15) is 11.9 Å². The van der Waals surface area contributed by atoms with Gasteiger partial charge >= 0.3 is 0 Å². The molecule has 21 heavy (non-hydrogen) atoms. The molecule has 0 bridgehead atoms. The highest BCUT2D eigenvalue weighted by Crippen LogP contribution is 2.33. The lowest BCUT2D eigenvalue weighted by Crippen LogP contribution is -2.42. The van der Waals surface area contributed by atoms with Gasteiger partial charge in [-0.25, -0.2) is 0 Å². The molecule has 5 heteroatoms. The Labute approximate surface area is 125 Å². The van der Waals surface area contributed by atoms with Crippen molar-refractivity contribution in [2.75, 3.05) is 18.0 Å². The average Bonchev–Trinajstić information content (AvgIpc) is 2.49. The molecule has 1 N–H and O–H groups in total. The lowest BCUT2D eigenvalue weighted by atomic mass is 10.1. The molecule has 1 aliphatic rings. The van der Waals surface area contributed by atoms with Crippen molar-refractivity contribution < 1.29 is 14.3 Å². The van der Waals surface area contributed by atoms with E-state index < -0.39 is 0 Å². The number of para-hydroxylation sites is 2. The first kappa shape index (κ1) is 15.4. The second-order valence-corrected chi connectivity index (χ2v) is 5.25. The molecular formula is C16H22N2O3. The number of fused-ring (bicyclic) bond motifs is 1. The fraction of sp³-hybridized carbons (Fsp3) is 0.500. The zero-order valence-corrected chi connectivity index (χ0v) is 12.6. The molecule has 114 valence electrons. The summed E-state index contributed by atoms with van der Waals surface area (Å²) in [4.78, 5) is 25.7. The first-order valence-corrected chi connectivity index (χ1v) is 7.44. The van der Waals surface area contributed by atoms with E-state index in [9.17, 15) is 9.59 Å². The van der Waals surface area contributed by atoms with E-state index in [0.717, 1.165) is 17.9 Å². The summed E-state index contributed by atoms with van der Waals surface area (Å²) < 4.78 is 5.72. The normalized spacial score (nSPS) is 16.9. The molecule has 0 saturated carbocycles. The summed E-state index contributed by atoms with van der Waals surface area (Å²) >= 11 is 0. The number of carbonyl (C=O) groups is 2. The molecule has 1 aliphatic heterocycles. The summed E-state index contributed by atoms with van der Waals surface area (Å²) in [6, 6.07) is 7.50. The molecule has 0 saturated heterocycles. The topological polar surface area (TPSA) is 58.6 Å². The standard InChI is InChI=1S/C16H22N2O3/c1-3-10-17-15(19)8-9-16(20)18-11-12(2)21-14-7-5-4-6-13(14)18/h4-7,12H,3,8-11H2,1-2H3,(H,17,19)/t12-/m1/s1. The maximum Gasteiger partial charge on any atom is 0.227 e. The van der Waals surface area contributed by atoms with Crippen LogP contribution in [0.1, 0.15) is 33.1 Å². The molecule has 1 atom stereocenters. The van der Waals surface area contributed by atoms with Crippen LogP contribution in [0.4, 0.5) is 5.69 Å². The van der Waals surface area contributed by atoms with E-state index in [1.165, 1.54) is 0 Å². The minimum atomic E-state index is -0.0696. The Bertz CT molecular complexity index is 516. The van der Waals surface area contributed by atoms with Gasteiger partial charge in [-0.3, -0.25) is 9.59 Å². The first-order valence-electron chi connectivity index (χ1n) is 7.44. The predicted molar refractivity (Wildman–Crippen MR) is 81.4 cm³/mol. The van der Waals surface area contributed by atoms with Crippen molar-refractivity contribution >= 4 is 17.5 Å². The third kappa shape index (κ3) is 3.97. The van der Waals surface area contributed by atoms with Crippen molar-refractivity contribution in [2.45, 2.75) is 39.2 Å². The van der Waals surface area contributed by atoms with Gasteiger partial charge in [-0.05, 0) is 25.5 Å². The molecule has 0 spiro atoms. The molecule has 2 amide bonds. The highest BCUT2D eigenvalue weighted by molar-refractivity contribution is 5.97. The summed E-state index contributed by atoms with van der Waals surface area (Å²) in [6.45, 7) is 5.11. The number of carbonyl (C=O) groups excluding carboxylic acids is 2. The molecule has 0 aromatic heterocycles. The van der Waals surface area contributed by atoms with E-state index in [-0.39, 0.29) is 30.8 Å². The fourth-order valence-electron chi connectivity index (χ4n) is 2.33. The van der Waals surface area contributed by atoms with Crippen LogP contribution in [0.2, 0.25) is 0 Å². The van der Waals surface area contributed by atoms with Gasteiger partial charge < -0.3 is 15.0 Å². The third-order valence-electron chi connectivity index (χ3n) is 3.36. The van der Waals surface area contributed by atoms with Crippen molar-refractivity contribution in [3.63, 3.8) is 0 Å². The first-order chi connectivity index (χ1) is 10.1. The van der Waals surface area contributed by atoms with Crippen molar-refractivity contribution in [1.29, 1.82) is 0 Å².